The molecule has 0 amide bonds. The molecular weight excluding hydrogens is 474 g/mol. The van der Waals surface area contributed by atoms with E-state index in [1.54, 1.807) is 7.11 Å². The van der Waals surface area contributed by atoms with Gasteiger partial charge in [0.15, 0.2) is 16.6 Å². The lowest BCUT2D eigenvalue weighted by Crippen LogP contribution is -2.35. The maximum absolute atomic E-state index is 13.0. The Bertz CT molecular complexity index is 1480. The number of hydrogen-bond acceptors (Lipinski definition) is 5. The minimum Gasteiger partial charge on any atom is -0.497 e. The Kier molecular flexibility index (Phi) is 6.77. The van der Waals surface area contributed by atoms with Crippen molar-refractivity contribution in [3.8, 4) is 17.2 Å². The summed E-state index contributed by atoms with van der Waals surface area (Å²) in [5.41, 5.74) is 4.29. The van der Waals surface area contributed by atoms with E-state index in [0.29, 0.717) is 35.3 Å². The van der Waals surface area contributed by atoms with Crippen molar-refractivity contribution >= 4 is 33.9 Å². The third-order valence-electron chi connectivity index (χ3n) is 6.23. The summed E-state index contributed by atoms with van der Waals surface area (Å²) in [6.07, 6.45) is 0.877. The van der Waals surface area contributed by atoms with Gasteiger partial charge >= 0.3 is 0 Å². The maximum Gasteiger partial charge on any atom is 0.253 e. The molecule has 0 fully saturated rings. The van der Waals surface area contributed by atoms with Crippen molar-refractivity contribution in [2.45, 2.75) is 26.4 Å². The second-order valence-electron chi connectivity index (χ2n) is 8.56. The second-order valence-corrected chi connectivity index (χ2v) is 8.95. The number of anilines is 1. The van der Waals surface area contributed by atoms with E-state index in [9.17, 15) is 4.79 Å². The number of fused-ring (bicyclic) bond motifs is 2. The lowest BCUT2D eigenvalue weighted by Gasteiger charge is -2.27. The van der Waals surface area contributed by atoms with Gasteiger partial charge in [-0.2, -0.15) is 0 Å². The number of pyridine rings is 1. The number of aromatic nitrogens is 1. The van der Waals surface area contributed by atoms with Crippen LogP contribution < -0.4 is 25.1 Å². The highest BCUT2D eigenvalue weighted by Gasteiger charge is 2.18. The number of aromatic amines is 1. The van der Waals surface area contributed by atoms with Crippen LogP contribution in [0.4, 0.5) is 5.69 Å². The standard InChI is InChI=1S/C28H27N3O4S/c1-3-19-6-4-5-7-23(19)30-28(36)31(15-18-8-11-25-26(12-18)35-17-34-25)16-21-13-20-9-10-22(33-2)14-24(20)29-27(21)32/h4-14H,3,15-17H2,1-2H3,(H,29,32)(H,30,36). The van der Waals surface area contributed by atoms with Crippen molar-refractivity contribution in [3.05, 3.63) is 93.8 Å². The Balaban J connectivity index is 1.47. The number of aryl methyl sites for hydroxylation is 1. The minimum absolute atomic E-state index is 0.164. The Hall–Kier alpha value is -4.04. The summed E-state index contributed by atoms with van der Waals surface area (Å²) >= 11 is 5.86. The predicted molar refractivity (Wildman–Crippen MR) is 145 cm³/mol. The van der Waals surface area contributed by atoms with E-state index >= 15 is 0 Å². The normalized spacial score (nSPS) is 11.9. The number of ether oxygens (including phenoxy) is 3. The van der Waals surface area contributed by atoms with Gasteiger partial charge in [-0.25, -0.2) is 0 Å². The molecule has 0 spiro atoms. The van der Waals surface area contributed by atoms with Gasteiger partial charge < -0.3 is 29.4 Å². The SMILES string of the molecule is CCc1ccccc1NC(=S)N(Cc1ccc2c(c1)OCO2)Cc1cc2ccc(OC)cc2[nH]c1=O. The molecule has 0 saturated heterocycles. The molecule has 2 heterocycles. The van der Waals surface area contributed by atoms with Crippen LogP contribution in [0, 0.1) is 0 Å². The van der Waals surface area contributed by atoms with Crippen LogP contribution in [-0.4, -0.2) is 28.9 Å². The molecule has 1 aromatic heterocycles. The van der Waals surface area contributed by atoms with Gasteiger partial charge in [-0.15, -0.1) is 0 Å². The van der Waals surface area contributed by atoms with Crippen molar-refractivity contribution in [2.24, 2.45) is 0 Å². The fraction of sp³-hybridized carbons (Fsp3) is 0.214. The number of thiocarbonyl (C=S) groups is 1. The van der Waals surface area contributed by atoms with E-state index in [1.807, 2.05) is 65.6 Å². The summed E-state index contributed by atoms with van der Waals surface area (Å²) in [4.78, 5) is 18.0. The topological polar surface area (TPSA) is 75.8 Å². The number of nitrogens with zero attached hydrogens (tertiary/aromatic N) is 1. The van der Waals surface area contributed by atoms with Crippen molar-refractivity contribution in [2.75, 3.05) is 19.2 Å². The van der Waals surface area contributed by atoms with Crippen LogP contribution in [0.2, 0.25) is 0 Å². The number of benzene rings is 3. The fourth-order valence-corrected chi connectivity index (χ4v) is 4.52. The molecule has 1 aliphatic heterocycles. The molecule has 0 aliphatic carbocycles. The van der Waals surface area contributed by atoms with Gasteiger partial charge in [0.1, 0.15) is 5.75 Å². The lowest BCUT2D eigenvalue weighted by atomic mass is 10.1. The third kappa shape index (κ3) is 4.99. The van der Waals surface area contributed by atoms with Crippen LogP contribution in [0.1, 0.15) is 23.6 Å². The van der Waals surface area contributed by atoms with E-state index in [-0.39, 0.29) is 12.4 Å². The zero-order chi connectivity index (χ0) is 25.1. The van der Waals surface area contributed by atoms with Crippen LogP contribution in [0.15, 0.2) is 71.5 Å². The number of methoxy groups -OCH3 is 1. The number of nitrogens with one attached hydrogen (secondary N) is 2. The largest absolute Gasteiger partial charge is 0.497 e. The van der Waals surface area contributed by atoms with Crippen LogP contribution in [0.3, 0.4) is 0 Å². The predicted octanol–water partition coefficient (Wildman–Crippen LogP) is 5.23. The molecule has 0 saturated carbocycles. The molecule has 0 atom stereocenters. The van der Waals surface area contributed by atoms with Crippen molar-refractivity contribution in [1.29, 1.82) is 0 Å². The lowest BCUT2D eigenvalue weighted by molar-refractivity contribution is 0.174. The molecule has 36 heavy (non-hydrogen) atoms. The van der Waals surface area contributed by atoms with Gasteiger partial charge in [-0.3, -0.25) is 4.79 Å². The Morgan fingerprint density at radius 1 is 1.03 bits per heavy atom. The smallest absolute Gasteiger partial charge is 0.253 e. The van der Waals surface area contributed by atoms with Crippen LogP contribution in [0.25, 0.3) is 10.9 Å². The molecule has 5 rings (SSSR count). The Labute approximate surface area is 214 Å². The third-order valence-corrected chi connectivity index (χ3v) is 6.59. The summed E-state index contributed by atoms with van der Waals surface area (Å²) in [5.74, 6) is 2.12. The summed E-state index contributed by atoms with van der Waals surface area (Å²) in [5, 5.41) is 4.85. The number of para-hydroxylation sites is 1. The molecule has 4 aromatic rings. The van der Waals surface area contributed by atoms with Crippen LogP contribution in [0.5, 0.6) is 17.2 Å². The summed E-state index contributed by atoms with van der Waals surface area (Å²) in [7, 11) is 1.60. The van der Waals surface area contributed by atoms with Crippen molar-refractivity contribution in [1.82, 2.24) is 9.88 Å². The maximum atomic E-state index is 13.0. The van der Waals surface area contributed by atoms with Gasteiger partial charge in [0.25, 0.3) is 5.56 Å². The first-order chi connectivity index (χ1) is 17.5. The molecule has 0 bridgehead atoms. The first-order valence-corrected chi connectivity index (χ1v) is 12.2. The van der Waals surface area contributed by atoms with E-state index < -0.39 is 0 Å². The monoisotopic (exact) mass is 501 g/mol. The molecule has 184 valence electrons. The molecular formula is C28H27N3O4S. The van der Waals surface area contributed by atoms with E-state index in [4.69, 9.17) is 26.4 Å². The van der Waals surface area contributed by atoms with Crippen LogP contribution in [-0.2, 0) is 19.5 Å². The Morgan fingerprint density at radius 2 is 1.86 bits per heavy atom. The van der Waals surface area contributed by atoms with E-state index in [2.05, 4.69) is 23.3 Å². The highest BCUT2D eigenvalue weighted by Crippen LogP contribution is 2.33. The van der Waals surface area contributed by atoms with Gasteiger partial charge in [-0.1, -0.05) is 31.2 Å². The van der Waals surface area contributed by atoms with E-state index in [1.165, 1.54) is 5.56 Å². The van der Waals surface area contributed by atoms with Crippen molar-refractivity contribution < 1.29 is 14.2 Å². The average Bonchev–Trinajstić information content (AvgIpc) is 3.36. The summed E-state index contributed by atoms with van der Waals surface area (Å²) < 4.78 is 16.3. The summed E-state index contributed by atoms with van der Waals surface area (Å²) in [6, 6.07) is 21.5. The Morgan fingerprint density at radius 3 is 2.69 bits per heavy atom. The second kappa shape index (κ2) is 10.3. The van der Waals surface area contributed by atoms with Gasteiger partial charge in [0.2, 0.25) is 6.79 Å². The number of rotatable bonds is 7. The molecule has 7 nitrogen and oxygen atoms in total. The highest BCUT2D eigenvalue weighted by molar-refractivity contribution is 7.80. The molecule has 1 aliphatic rings. The number of hydrogen-bond donors (Lipinski definition) is 2. The highest BCUT2D eigenvalue weighted by atomic mass is 32.1. The fourth-order valence-electron chi connectivity index (χ4n) is 4.28. The first-order valence-electron chi connectivity index (χ1n) is 11.8. The molecule has 0 radical (unpaired) electrons. The van der Waals surface area contributed by atoms with Crippen LogP contribution >= 0.6 is 12.2 Å². The minimum atomic E-state index is -0.164. The quantitative estimate of drug-likeness (QED) is 0.336. The average molecular weight is 502 g/mol. The van der Waals surface area contributed by atoms with Gasteiger partial charge in [0.05, 0.1) is 19.2 Å². The molecule has 3 aromatic carbocycles. The summed E-state index contributed by atoms with van der Waals surface area (Å²) in [6.45, 7) is 3.13. The molecule has 8 heteroatoms. The zero-order valence-corrected chi connectivity index (χ0v) is 21.0. The van der Waals surface area contributed by atoms with Crippen molar-refractivity contribution in [3.63, 3.8) is 0 Å². The molecule has 0 unspecified atom stereocenters. The zero-order valence-electron chi connectivity index (χ0n) is 20.2. The number of H-pyrrole nitrogens is 1. The van der Waals surface area contributed by atoms with E-state index in [0.717, 1.165) is 34.3 Å². The molecule has 2 N–H and O–H groups in total. The van der Waals surface area contributed by atoms with Gasteiger partial charge in [0, 0.05) is 23.9 Å². The first kappa shape index (κ1) is 23.7. The van der Waals surface area contributed by atoms with Gasteiger partial charge in [-0.05, 0) is 71.6 Å².